The normalized spacial score (nSPS) is 13.0. The molecule has 3 heteroatoms. The zero-order valence-electron chi connectivity index (χ0n) is 10.6. The third kappa shape index (κ3) is 5.19. The van der Waals surface area contributed by atoms with Gasteiger partial charge in [0.25, 0.3) is 0 Å². The summed E-state index contributed by atoms with van der Waals surface area (Å²) in [6.45, 7) is 6.40. The molecule has 1 aromatic rings. The molecule has 2 nitrogen and oxygen atoms in total. The summed E-state index contributed by atoms with van der Waals surface area (Å²) >= 11 is 3.55. The van der Waals surface area contributed by atoms with E-state index >= 15 is 0 Å². The topological polar surface area (TPSA) is 32.3 Å². The van der Waals surface area contributed by atoms with E-state index in [0.29, 0.717) is 11.8 Å². The van der Waals surface area contributed by atoms with Crippen molar-refractivity contribution < 1.29 is 5.11 Å². The summed E-state index contributed by atoms with van der Waals surface area (Å²) < 4.78 is 1.17. The molecule has 2 N–H and O–H groups in total. The SMILES string of the molecule is CC(C)C(CO)CNCCc1ccccc1Br. The summed E-state index contributed by atoms with van der Waals surface area (Å²) in [5.74, 6) is 0.880. The molecule has 0 spiro atoms. The molecule has 1 atom stereocenters. The average Bonchev–Trinajstić information content (AvgIpc) is 2.31. The van der Waals surface area contributed by atoms with Crippen LogP contribution in [0, 0.1) is 11.8 Å². The molecular formula is C14H22BrNO. The van der Waals surface area contributed by atoms with Crippen molar-refractivity contribution in [3.8, 4) is 0 Å². The summed E-state index contributed by atoms with van der Waals surface area (Å²) in [5.41, 5.74) is 1.32. The predicted molar refractivity (Wildman–Crippen MR) is 76.1 cm³/mol. The maximum Gasteiger partial charge on any atom is 0.0473 e. The number of hydrogen-bond donors (Lipinski definition) is 2. The second kappa shape index (κ2) is 7.85. The van der Waals surface area contributed by atoms with E-state index in [2.05, 4.69) is 53.3 Å². The van der Waals surface area contributed by atoms with Crippen LogP contribution in [0.4, 0.5) is 0 Å². The maximum atomic E-state index is 9.21. The van der Waals surface area contributed by atoms with Crippen molar-refractivity contribution in [2.45, 2.75) is 20.3 Å². The van der Waals surface area contributed by atoms with Crippen molar-refractivity contribution in [2.24, 2.45) is 11.8 Å². The van der Waals surface area contributed by atoms with Crippen LogP contribution in [-0.4, -0.2) is 24.8 Å². The molecule has 1 aromatic carbocycles. The first-order valence-electron chi connectivity index (χ1n) is 6.20. The molecule has 0 radical (unpaired) electrons. The van der Waals surface area contributed by atoms with Crippen LogP contribution in [0.3, 0.4) is 0 Å². The van der Waals surface area contributed by atoms with E-state index in [9.17, 15) is 5.11 Å². The number of benzene rings is 1. The molecule has 1 rings (SSSR count). The quantitative estimate of drug-likeness (QED) is 0.759. The summed E-state index contributed by atoms with van der Waals surface area (Å²) in [5, 5.41) is 12.6. The Morgan fingerprint density at radius 3 is 2.59 bits per heavy atom. The maximum absolute atomic E-state index is 9.21. The standard InChI is InChI=1S/C14H22BrNO/c1-11(2)13(10-17)9-16-8-7-12-5-3-4-6-14(12)15/h3-6,11,13,16-17H,7-10H2,1-2H3. The van der Waals surface area contributed by atoms with Crippen LogP contribution >= 0.6 is 15.9 Å². The van der Waals surface area contributed by atoms with Crippen LogP contribution in [0.5, 0.6) is 0 Å². The molecule has 0 bridgehead atoms. The van der Waals surface area contributed by atoms with E-state index in [1.807, 2.05) is 6.07 Å². The highest BCUT2D eigenvalue weighted by Gasteiger charge is 2.11. The Hall–Kier alpha value is -0.380. The van der Waals surface area contributed by atoms with E-state index in [4.69, 9.17) is 0 Å². The number of aliphatic hydroxyl groups is 1. The zero-order valence-corrected chi connectivity index (χ0v) is 12.2. The Bertz CT molecular complexity index is 328. The minimum absolute atomic E-state index is 0.264. The molecule has 0 heterocycles. The van der Waals surface area contributed by atoms with E-state index < -0.39 is 0 Å². The Morgan fingerprint density at radius 1 is 1.29 bits per heavy atom. The van der Waals surface area contributed by atoms with Gasteiger partial charge in [-0.3, -0.25) is 0 Å². The average molecular weight is 300 g/mol. The van der Waals surface area contributed by atoms with Crippen molar-refractivity contribution in [1.29, 1.82) is 0 Å². The van der Waals surface area contributed by atoms with Gasteiger partial charge in [0.05, 0.1) is 0 Å². The van der Waals surface area contributed by atoms with E-state index in [1.54, 1.807) is 0 Å². The van der Waals surface area contributed by atoms with Crippen molar-refractivity contribution in [3.05, 3.63) is 34.3 Å². The van der Waals surface area contributed by atoms with Gasteiger partial charge in [-0.1, -0.05) is 48.0 Å². The summed E-state index contributed by atoms with van der Waals surface area (Å²) in [4.78, 5) is 0. The Labute approximate surface area is 113 Å². The first-order valence-corrected chi connectivity index (χ1v) is 6.99. The van der Waals surface area contributed by atoms with Crippen LogP contribution in [-0.2, 0) is 6.42 Å². The smallest absolute Gasteiger partial charge is 0.0473 e. The molecule has 0 aliphatic carbocycles. The highest BCUT2D eigenvalue weighted by atomic mass is 79.9. The molecule has 0 amide bonds. The summed E-state index contributed by atoms with van der Waals surface area (Å²) in [6, 6.07) is 8.30. The zero-order chi connectivity index (χ0) is 12.7. The molecule has 0 aromatic heterocycles. The van der Waals surface area contributed by atoms with Crippen LogP contribution in [0.2, 0.25) is 0 Å². The highest BCUT2D eigenvalue weighted by molar-refractivity contribution is 9.10. The lowest BCUT2D eigenvalue weighted by molar-refractivity contribution is 0.186. The van der Waals surface area contributed by atoms with Gasteiger partial charge < -0.3 is 10.4 Å². The molecular weight excluding hydrogens is 278 g/mol. The number of nitrogens with one attached hydrogen (secondary N) is 1. The van der Waals surface area contributed by atoms with Gasteiger partial charge in [-0.25, -0.2) is 0 Å². The number of rotatable bonds is 7. The summed E-state index contributed by atoms with van der Waals surface area (Å²) in [7, 11) is 0. The molecule has 0 aliphatic heterocycles. The molecule has 0 fully saturated rings. The van der Waals surface area contributed by atoms with Gasteiger partial charge in [-0.15, -0.1) is 0 Å². The minimum Gasteiger partial charge on any atom is -0.396 e. The molecule has 96 valence electrons. The Morgan fingerprint density at radius 2 is 2.00 bits per heavy atom. The third-order valence-corrected chi connectivity index (χ3v) is 3.89. The first kappa shape index (κ1) is 14.7. The largest absolute Gasteiger partial charge is 0.396 e. The van der Waals surface area contributed by atoms with Crippen LogP contribution in [0.15, 0.2) is 28.7 Å². The molecule has 1 unspecified atom stereocenters. The van der Waals surface area contributed by atoms with Gasteiger partial charge in [0.15, 0.2) is 0 Å². The van der Waals surface area contributed by atoms with E-state index in [0.717, 1.165) is 19.5 Å². The molecule has 0 saturated carbocycles. The van der Waals surface area contributed by atoms with Crippen LogP contribution in [0.25, 0.3) is 0 Å². The van der Waals surface area contributed by atoms with Gasteiger partial charge in [-0.2, -0.15) is 0 Å². The van der Waals surface area contributed by atoms with E-state index in [-0.39, 0.29) is 6.61 Å². The Balaban J connectivity index is 2.27. The fourth-order valence-electron chi connectivity index (χ4n) is 1.72. The van der Waals surface area contributed by atoms with Gasteiger partial charge >= 0.3 is 0 Å². The second-order valence-corrected chi connectivity index (χ2v) is 5.59. The van der Waals surface area contributed by atoms with Crippen LogP contribution in [0.1, 0.15) is 19.4 Å². The van der Waals surface area contributed by atoms with E-state index in [1.165, 1.54) is 10.0 Å². The lowest BCUT2D eigenvalue weighted by Gasteiger charge is -2.18. The first-order chi connectivity index (χ1) is 8.15. The van der Waals surface area contributed by atoms with Crippen LogP contribution < -0.4 is 5.32 Å². The number of aliphatic hydroxyl groups excluding tert-OH is 1. The molecule has 0 saturated heterocycles. The highest BCUT2D eigenvalue weighted by Crippen LogP contribution is 2.16. The van der Waals surface area contributed by atoms with Crippen molar-refractivity contribution in [1.82, 2.24) is 5.32 Å². The Kier molecular flexibility index (Phi) is 6.78. The predicted octanol–water partition coefficient (Wildman–Crippen LogP) is 2.85. The van der Waals surface area contributed by atoms with Crippen molar-refractivity contribution >= 4 is 15.9 Å². The van der Waals surface area contributed by atoms with Gasteiger partial charge in [0.1, 0.15) is 0 Å². The number of hydrogen-bond acceptors (Lipinski definition) is 2. The number of halogens is 1. The fourth-order valence-corrected chi connectivity index (χ4v) is 2.21. The van der Waals surface area contributed by atoms with Crippen molar-refractivity contribution in [3.63, 3.8) is 0 Å². The monoisotopic (exact) mass is 299 g/mol. The lowest BCUT2D eigenvalue weighted by Crippen LogP contribution is -2.30. The van der Waals surface area contributed by atoms with Gasteiger partial charge in [-0.05, 0) is 36.4 Å². The fraction of sp³-hybridized carbons (Fsp3) is 0.571. The minimum atomic E-state index is 0.264. The third-order valence-electron chi connectivity index (χ3n) is 3.11. The molecule has 17 heavy (non-hydrogen) atoms. The van der Waals surface area contributed by atoms with Gasteiger partial charge in [0.2, 0.25) is 0 Å². The molecule has 0 aliphatic rings. The lowest BCUT2D eigenvalue weighted by atomic mass is 9.97. The summed E-state index contributed by atoms with van der Waals surface area (Å²) in [6.07, 6.45) is 1.01. The second-order valence-electron chi connectivity index (χ2n) is 4.73. The van der Waals surface area contributed by atoms with Crippen molar-refractivity contribution in [2.75, 3.05) is 19.7 Å². The van der Waals surface area contributed by atoms with Gasteiger partial charge in [0, 0.05) is 17.6 Å².